The average Bonchev–Trinajstić information content (AvgIpc) is 2.75. The fraction of sp³-hybridized carbons (Fsp3) is 0.200. The monoisotopic (exact) mass is 353 g/mol. The number of nitrogens with one attached hydrogen (secondary N) is 1. The van der Waals surface area contributed by atoms with Gasteiger partial charge in [0.25, 0.3) is 5.91 Å². The third-order valence-electron chi connectivity index (χ3n) is 3.44. The summed E-state index contributed by atoms with van der Waals surface area (Å²) in [6, 6.07) is 7.25. The van der Waals surface area contributed by atoms with Gasteiger partial charge in [-0.05, 0) is 30.5 Å². The number of hydrogen-bond acceptors (Lipinski definition) is 4. The number of hydrogen-bond donors (Lipinski definition) is 1. The molecular formula is C15H13Cl2N3OS. The second-order valence-electron chi connectivity index (χ2n) is 4.95. The Bertz CT molecular complexity index is 767. The molecule has 0 radical (unpaired) electrons. The third kappa shape index (κ3) is 2.76. The summed E-state index contributed by atoms with van der Waals surface area (Å²) in [5, 5.41) is 4.33. The predicted molar refractivity (Wildman–Crippen MR) is 91.6 cm³/mol. The van der Waals surface area contributed by atoms with Crippen LogP contribution in [0.5, 0.6) is 0 Å². The molecule has 1 aromatic heterocycles. The fourth-order valence-electron chi connectivity index (χ4n) is 2.42. The first-order chi connectivity index (χ1) is 10.5. The van der Waals surface area contributed by atoms with Gasteiger partial charge in [0, 0.05) is 17.0 Å². The Kier molecular flexibility index (Phi) is 4.21. The van der Waals surface area contributed by atoms with Crippen LogP contribution in [0.4, 0.5) is 11.4 Å². The van der Waals surface area contributed by atoms with Gasteiger partial charge in [0.1, 0.15) is 5.15 Å². The van der Waals surface area contributed by atoms with Crippen molar-refractivity contribution in [3.8, 4) is 0 Å². The largest absolute Gasteiger partial charge is 0.354 e. The van der Waals surface area contributed by atoms with Crippen molar-refractivity contribution >= 4 is 52.2 Å². The van der Waals surface area contributed by atoms with Gasteiger partial charge >= 0.3 is 0 Å². The molecule has 0 unspecified atom stereocenters. The molecule has 0 bridgehead atoms. The molecule has 1 aliphatic heterocycles. The van der Waals surface area contributed by atoms with Crippen molar-refractivity contribution in [2.24, 2.45) is 0 Å². The number of fused-ring (bicyclic) bond motifs is 1. The van der Waals surface area contributed by atoms with Crippen LogP contribution in [0, 0.1) is 0 Å². The van der Waals surface area contributed by atoms with Gasteiger partial charge < -0.3 is 10.2 Å². The van der Waals surface area contributed by atoms with Gasteiger partial charge in [0.05, 0.1) is 29.2 Å². The van der Waals surface area contributed by atoms with Crippen molar-refractivity contribution in [3.63, 3.8) is 0 Å². The van der Waals surface area contributed by atoms with Gasteiger partial charge in [-0.2, -0.15) is 0 Å². The van der Waals surface area contributed by atoms with Gasteiger partial charge in [-0.25, -0.2) is 4.98 Å². The molecule has 1 amide bonds. The van der Waals surface area contributed by atoms with E-state index in [0.29, 0.717) is 33.7 Å². The summed E-state index contributed by atoms with van der Waals surface area (Å²) in [5.41, 5.74) is 2.82. The Morgan fingerprint density at radius 2 is 2.05 bits per heavy atom. The molecule has 0 fully saturated rings. The molecule has 2 heterocycles. The smallest absolute Gasteiger partial charge is 0.257 e. The van der Waals surface area contributed by atoms with E-state index < -0.39 is 0 Å². The van der Waals surface area contributed by atoms with Crippen LogP contribution in [0.15, 0.2) is 29.2 Å². The molecule has 0 spiro atoms. The molecule has 114 valence electrons. The highest BCUT2D eigenvalue weighted by Crippen LogP contribution is 2.35. The molecule has 2 aromatic rings. The maximum absolute atomic E-state index is 12.3. The van der Waals surface area contributed by atoms with E-state index in [1.165, 1.54) is 0 Å². The predicted octanol–water partition coefficient (Wildman–Crippen LogP) is 4.44. The molecule has 0 saturated carbocycles. The molecule has 4 nitrogen and oxygen atoms in total. The molecule has 7 heteroatoms. The number of aromatic nitrogens is 1. The van der Waals surface area contributed by atoms with Gasteiger partial charge in [-0.3, -0.25) is 4.79 Å². The molecule has 1 aliphatic rings. The number of benzene rings is 1. The summed E-state index contributed by atoms with van der Waals surface area (Å²) in [7, 11) is 1.75. The van der Waals surface area contributed by atoms with E-state index >= 15 is 0 Å². The normalized spacial score (nSPS) is 13.5. The number of amides is 1. The molecule has 0 aliphatic carbocycles. The van der Waals surface area contributed by atoms with Crippen molar-refractivity contribution in [2.75, 3.05) is 18.6 Å². The van der Waals surface area contributed by atoms with Crippen molar-refractivity contribution < 1.29 is 4.79 Å². The quantitative estimate of drug-likeness (QED) is 0.654. The first-order valence-corrected chi connectivity index (χ1v) is 8.53. The average molecular weight is 354 g/mol. The first-order valence-electron chi connectivity index (χ1n) is 6.55. The highest BCUT2D eigenvalue weighted by atomic mass is 35.5. The molecule has 3 rings (SSSR count). The van der Waals surface area contributed by atoms with Crippen LogP contribution in [-0.2, 0) is 6.54 Å². The Balaban J connectivity index is 2.06. The van der Waals surface area contributed by atoms with Crippen molar-refractivity contribution in [2.45, 2.75) is 11.4 Å². The van der Waals surface area contributed by atoms with Crippen molar-refractivity contribution in [3.05, 3.63) is 45.7 Å². The number of carbonyl (C=O) groups excluding carboxylic acids is 1. The Morgan fingerprint density at radius 1 is 1.27 bits per heavy atom. The number of halogens is 2. The summed E-state index contributed by atoms with van der Waals surface area (Å²) < 4.78 is 0. The fourth-order valence-corrected chi connectivity index (χ4v) is 3.45. The Hall–Kier alpha value is -1.43. The minimum Gasteiger partial charge on any atom is -0.354 e. The van der Waals surface area contributed by atoms with Gasteiger partial charge in [0.15, 0.2) is 0 Å². The zero-order valence-corrected chi connectivity index (χ0v) is 14.3. The Morgan fingerprint density at radius 3 is 2.77 bits per heavy atom. The second-order valence-corrected chi connectivity index (χ2v) is 6.62. The van der Waals surface area contributed by atoms with E-state index in [0.717, 1.165) is 10.6 Å². The lowest BCUT2D eigenvalue weighted by Crippen LogP contribution is -2.18. The second kappa shape index (κ2) is 5.99. The maximum Gasteiger partial charge on any atom is 0.257 e. The zero-order chi connectivity index (χ0) is 15.9. The number of pyridine rings is 1. The van der Waals surface area contributed by atoms with Gasteiger partial charge in [-0.1, -0.05) is 23.2 Å². The number of carbonyl (C=O) groups is 1. The van der Waals surface area contributed by atoms with Crippen LogP contribution in [-0.4, -0.2) is 29.1 Å². The van der Waals surface area contributed by atoms with Crippen LogP contribution in [0.3, 0.4) is 0 Å². The lowest BCUT2D eigenvalue weighted by atomic mass is 10.1. The standard InChI is InChI=1S/C15H13Cl2N3OS/c1-20-7-11-14(15(20)21)10(6-13(17)19-11)18-9-4-3-8(16)5-12(9)22-2/h3-6H,7H2,1-2H3,(H,18,19). The molecule has 0 saturated heterocycles. The van der Waals surface area contributed by atoms with Crippen LogP contribution >= 0.6 is 35.0 Å². The van der Waals surface area contributed by atoms with Crippen LogP contribution in [0.25, 0.3) is 0 Å². The summed E-state index contributed by atoms with van der Waals surface area (Å²) in [6.45, 7) is 0.472. The van der Waals surface area contributed by atoms with Crippen LogP contribution < -0.4 is 5.32 Å². The molecule has 1 aromatic carbocycles. The van der Waals surface area contributed by atoms with E-state index in [1.54, 1.807) is 35.8 Å². The highest BCUT2D eigenvalue weighted by Gasteiger charge is 2.29. The number of nitrogens with zero attached hydrogens (tertiary/aromatic N) is 2. The van der Waals surface area contributed by atoms with E-state index in [-0.39, 0.29) is 5.91 Å². The topological polar surface area (TPSA) is 45.2 Å². The summed E-state index contributed by atoms with van der Waals surface area (Å²) >= 11 is 13.7. The van der Waals surface area contributed by atoms with Gasteiger partial charge in [0.2, 0.25) is 0 Å². The van der Waals surface area contributed by atoms with Crippen LogP contribution in [0.1, 0.15) is 16.1 Å². The first kappa shape index (κ1) is 15.5. The van der Waals surface area contributed by atoms with Crippen LogP contribution in [0.2, 0.25) is 10.2 Å². The highest BCUT2D eigenvalue weighted by molar-refractivity contribution is 7.98. The number of anilines is 2. The summed E-state index contributed by atoms with van der Waals surface area (Å²) in [5.74, 6) is -0.0543. The lowest BCUT2D eigenvalue weighted by Gasteiger charge is -2.14. The number of rotatable bonds is 3. The number of thioether (sulfide) groups is 1. The molecule has 1 N–H and O–H groups in total. The maximum atomic E-state index is 12.3. The zero-order valence-electron chi connectivity index (χ0n) is 12.0. The SMILES string of the molecule is CSc1cc(Cl)ccc1Nc1cc(Cl)nc2c1C(=O)N(C)C2. The molecule has 0 atom stereocenters. The minimum atomic E-state index is -0.0543. The van der Waals surface area contributed by atoms with E-state index in [9.17, 15) is 4.79 Å². The molecular weight excluding hydrogens is 341 g/mol. The van der Waals surface area contributed by atoms with Crippen molar-refractivity contribution in [1.29, 1.82) is 0 Å². The van der Waals surface area contributed by atoms with E-state index in [1.807, 2.05) is 18.4 Å². The summed E-state index contributed by atoms with van der Waals surface area (Å²) in [4.78, 5) is 19.2. The van der Waals surface area contributed by atoms with Crippen molar-refractivity contribution in [1.82, 2.24) is 9.88 Å². The summed E-state index contributed by atoms with van der Waals surface area (Å²) in [6.07, 6.45) is 1.97. The lowest BCUT2D eigenvalue weighted by molar-refractivity contribution is 0.0817. The van der Waals surface area contributed by atoms with E-state index in [2.05, 4.69) is 10.3 Å². The molecule has 22 heavy (non-hydrogen) atoms. The minimum absolute atomic E-state index is 0.0543. The van der Waals surface area contributed by atoms with Gasteiger partial charge in [-0.15, -0.1) is 11.8 Å². The van der Waals surface area contributed by atoms with E-state index in [4.69, 9.17) is 23.2 Å². The third-order valence-corrected chi connectivity index (χ3v) is 4.65. The Labute approximate surface area is 142 Å².